The van der Waals surface area contributed by atoms with Crippen molar-refractivity contribution < 1.29 is 0 Å². The lowest BCUT2D eigenvalue weighted by molar-refractivity contribution is 0.881. The van der Waals surface area contributed by atoms with Crippen molar-refractivity contribution in [3.63, 3.8) is 0 Å². The van der Waals surface area contributed by atoms with Gasteiger partial charge in [-0.2, -0.15) is 5.21 Å². The molecule has 0 spiro atoms. The van der Waals surface area contributed by atoms with Gasteiger partial charge in [0.15, 0.2) is 0 Å². The van der Waals surface area contributed by atoms with E-state index in [2.05, 4.69) is 20.6 Å². The molecule has 1 aromatic rings. The predicted octanol–water partition coefficient (Wildman–Crippen LogP) is -0.359. The second-order valence-electron chi connectivity index (χ2n) is 1.69. The van der Waals surface area contributed by atoms with Gasteiger partial charge in [-0.05, 0) is 18.2 Å². The van der Waals surface area contributed by atoms with Crippen molar-refractivity contribution in [2.24, 2.45) is 5.73 Å². The highest BCUT2D eigenvalue weighted by Gasteiger charge is 1.95. The molecule has 0 aromatic carbocycles. The third-order valence-corrected chi connectivity index (χ3v) is 1.83. The summed E-state index contributed by atoms with van der Waals surface area (Å²) in [5.74, 6) is 0.954. The molecule has 0 fully saturated rings. The molecule has 0 saturated heterocycles. The SMILES string of the molecule is NCCCSc1nn[nH]n1. The molecule has 0 unspecified atom stereocenters. The van der Waals surface area contributed by atoms with Crippen LogP contribution in [0.5, 0.6) is 0 Å². The molecule has 10 heavy (non-hydrogen) atoms. The molecule has 3 N–H and O–H groups in total. The predicted molar refractivity (Wildman–Crippen MR) is 38.6 cm³/mol. The Morgan fingerprint density at radius 1 is 1.60 bits per heavy atom. The molecule has 0 atom stereocenters. The molecular formula is C4H9N5S. The van der Waals surface area contributed by atoms with Gasteiger partial charge >= 0.3 is 0 Å². The van der Waals surface area contributed by atoms with Gasteiger partial charge in [0, 0.05) is 5.75 Å². The third kappa shape index (κ3) is 2.32. The van der Waals surface area contributed by atoms with Crippen LogP contribution in [0.2, 0.25) is 0 Å². The molecule has 5 nitrogen and oxygen atoms in total. The number of tetrazole rings is 1. The van der Waals surface area contributed by atoms with E-state index in [-0.39, 0.29) is 0 Å². The summed E-state index contributed by atoms with van der Waals surface area (Å²) in [7, 11) is 0. The number of rotatable bonds is 4. The molecule has 56 valence electrons. The molecule has 0 radical (unpaired) electrons. The first kappa shape index (κ1) is 7.49. The molecule has 1 aromatic heterocycles. The molecular weight excluding hydrogens is 150 g/mol. The quantitative estimate of drug-likeness (QED) is 0.463. The second-order valence-corrected chi connectivity index (χ2v) is 2.75. The normalized spacial score (nSPS) is 10.1. The lowest BCUT2D eigenvalue weighted by atomic mass is 10.5. The van der Waals surface area contributed by atoms with Crippen LogP contribution < -0.4 is 5.73 Å². The Labute approximate surface area is 62.8 Å². The first-order valence-corrected chi connectivity index (χ1v) is 3.98. The first-order valence-electron chi connectivity index (χ1n) is 3.00. The van der Waals surface area contributed by atoms with Crippen molar-refractivity contribution in [3.05, 3.63) is 0 Å². The van der Waals surface area contributed by atoms with Crippen molar-refractivity contribution in [2.45, 2.75) is 11.6 Å². The van der Waals surface area contributed by atoms with Gasteiger partial charge in [0.2, 0.25) is 5.16 Å². The van der Waals surface area contributed by atoms with Gasteiger partial charge in [0.25, 0.3) is 0 Å². The van der Waals surface area contributed by atoms with Crippen LogP contribution in [0.4, 0.5) is 0 Å². The van der Waals surface area contributed by atoms with E-state index < -0.39 is 0 Å². The van der Waals surface area contributed by atoms with E-state index in [0.717, 1.165) is 12.2 Å². The minimum Gasteiger partial charge on any atom is -0.330 e. The van der Waals surface area contributed by atoms with Gasteiger partial charge < -0.3 is 5.73 Å². The number of nitrogens with two attached hydrogens (primary N) is 1. The zero-order chi connectivity index (χ0) is 7.23. The Balaban J connectivity index is 2.15. The maximum absolute atomic E-state index is 5.29. The van der Waals surface area contributed by atoms with Gasteiger partial charge in [-0.25, -0.2) is 0 Å². The number of nitrogens with one attached hydrogen (secondary N) is 1. The number of aromatic nitrogens is 4. The lowest BCUT2D eigenvalue weighted by Gasteiger charge is -1.90. The van der Waals surface area contributed by atoms with Crippen LogP contribution in [0.1, 0.15) is 6.42 Å². The topological polar surface area (TPSA) is 80.5 Å². The largest absolute Gasteiger partial charge is 0.330 e. The van der Waals surface area contributed by atoms with Gasteiger partial charge in [-0.15, -0.1) is 10.2 Å². The van der Waals surface area contributed by atoms with Crippen LogP contribution in [0.3, 0.4) is 0 Å². The van der Waals surface area contributed by atoms with Crippen LogP contribution >= 0.6 is 11.8 Å². The highest BCUT2D eigenvalue weighted by atomic mass is 32.2. The number of thioether (sulfide) groups is 1. The summed E-state index contributed by atoms with van der Waals surface area (Å²) in [4.78, 5) is 0. The molecule has 0 aliphatic rings. The Morgan fingerprint density at radius 2 is 2.50 bits per heavy atom. The van der Waals surface area contributed by atoms with Gasteiger partial charge in [0.05, 0.1) is 0 Å². The smallest absolute Gasteiger partial charge is 0.230 e. The van der Waals surface area contributed by atoms with Crippen molar-refractivity contribution in [1.82, 2.24) is 20.6 Å². The maximum Gasteiger partial charge on any atom is 0.230 e. The molecule has 0 amide bonds. The van der Waals surface area contributed by atoms with E-state index in [1.807, 2.05) is 0 Å². The van der Waals surface area contributed by atoms with E-state index in [9.17, 15) is 0 Å². The maximum atomic E-state index is 5.29. The minimum atomic E-state index is 0.688. The summed E-state index contributed by atoms with van der Waals surface area (Å²) in [6, 6.07) is 0. The average Bonchev–Trinajstić information content (AvgIpc) is 2.41. The number of aromatic amines is 1. The fourth-order valence-corrected chi connectivity index (χ4v) is 1.16. The molecule has 0 bridgehead atoms. The minimum absolute atomic E-state index is 0.688. The Bertz CT molecular complexity index is 162. The van der Waals surface area contributed by atoms with Crippen molar-refractivity contribution in [1.29, 1.82) is 0 Å². The molecule has 1 rings (SSSR count). The Morgan fingerprint density at radius 3 is 3.10 bits per heavy atom. The van der Waals surface area contributed by atoms with Crippen LogP contribution in [-0.2, 0) is 0 Å². The highest BCUT2D eigenvalue weighted by Crippen LogP contribution is 2.09. The summed E-state index contributed by atoms with van der Waals surface area (Å²) in [6.07, 6.45) is 0.985. The lowest BCUT2D eigenvalue weighted by Crippen LogP contribution is -1.99. The monoisotopic (exact) mass is 159 g/mol. The van der Waals surface area contributed by atoms with E-state index in [1.165, 1.54) is 0 Å². The summed E-state index contributed by atoms with van der Waals surface area (Å²) in [5.41, 5.74) is 5.29. The van der Waals surface area contributed by atoms with E-state index >= 15 is 0 Å². The third-order valence-electron chi connectivity index (χ3n) is 0.906. The summed E-state index contributed by atoms with van der Waals surface area (Å²) < 4.78 is 0. The zero-order valence-electron chi connectivity index (χ0n) is 5.45. The molecule has 0 aliphatic carbocycles. The molecule has 0 saturated carbocycles. The number of nitrogens with zero attached hydrogens (tertiary/aromatic N) is 3. The highest BCUT2D eigenvalue weighted by molar-refractivity contribution is 7.99. The van der Waals surface area contributed by atoms with Gasteiger partial charge in [0.1, 0.15) is 0 Å². The number of hydrogen-bond acceptors (Lipinski definition) is 5. The summed E-state index contributed by atoms with van der Waals surface area (Å²) in [6.45, 7) is 0.713. The number of hydrogen-bond donors (Lipinski definition) is 2. The average molecular weight is 159 g/mol. The van der Waals surface area contributed by atoms with Crippen molar-refractivity contribution in [3.8, 4) is 0 Å². The van der Waals surface area contributed by atoms with Gasteiger partial charge in [-0.1, -0.05) is 11.8 Å². The fraction of sp³-hybridized carbons (Fsp3) is 0.750. The van der Waals surface area contributed by atoms with E-state index in [1.54, 1.807) is 11.8 Å². The molecule has 0 aliphatic heterocycles. The molecule has 1 heterocycles. The Kier molecular flexibility index (Phi) is 3.17. The summed E-state index contributed by atoms with van der Waals surface area (Å²) in [5, 5.41) is 14.0. The van der Waals surface area contributed by atoms with E-state index in [4.69, 9.17) is 5.73 Å². The summed E-state index contributed by atoms with van der Waals surface area (Å²) >= 11 is 1.56. The van der Waals surface area contributed by atoms with Crippen LogP contribution in [0.25, 0.3) is 0 Å². The standard InChI is InChI=1S/C4H9N5S/c5-2-1-3-10-4-6-8-9-7-4/h1-3,5H2,(H,6,7,8,9). The van der Waals surface area contributed by atoms with Crippen LogP contribution in [0.15, 0.2) is 5.16 Å². The number of H-pyrrole nitrogens is 1. The fourth-order valence-electron chi connectivity index (χ4n) is 0.461. The van der Waals surface area contributed by atoms with Crippen molar-refractivity contribution >= 4 is 11.8 Å². The van der Waals surface area contributed by atoms with Crippen LogP contribution in [-0.4, -0.2) is 32.9 Å². The van der Waals surface area contributed by atoms with Crippen molar-refractivity contribution in [2.75, 3.05) is 12.3 Å². The van der Waals surface area contributed by atoms with Crippen LogP contribution in [0, 0.1) is 0 Å². The Hall–Kier alpha value is -0.620. The molecule has 6 heteroatoms. The second kappa shape index (κ2) is 4.24. The van der Waals surface area contributed by atoms with E-state index in [0.29, 0.717) is 11.7 Å². The zero-order valence-corrected chi connectivity index (χ0v) is 6.27. The van der Waals surface area contributed by atoms with Gasteiger partial charge in [-0.3, -0.25) is 0 Å². The first-order chi connectivity index (χ1) is 4.93.